The molecule has 0 spiro atoms. The maximum absolute atomic E-state index is 11.2. The number of alkyl halides is 1. The average Bonchev–Trinajstić information content (AvgIpc) is 2.35. The number of rotatable bonds is 6. The molecule has 1 amide bonds. The van der Waals surface area contributed by atoms with Crippen LogP contribution in [0.1, 0.15) is 5.56 Å². The lowest BCUT2D eigenvalue weighted by Crippen LogP contribution is -2.36. The Kier molecular flexibility index (Phi) is 5.69. The van der Waals surface area contributed by atoms with Crippen LogP contribution < -0.4 is 0 Å². The average molecular weight is 300 g/mol. The van der Waals surface area contributed by atoms with Gasteiger partial charge in [-0.05, 0) is 12.0 Å². The molecule has 92 valence electrons. The molecule has 0 aliphatic heterocycles. The highest BCUT2D eigenvalue weighted by atomic mass is 79.9. The van der Waals surface area contributed by atoms with Gasteiger partial charge in [0.1, 0.15) is 0 Å². The maximum Gasteiger partial charge on any atom is 0.407 e. The van der Waals surface area contributed by atoms with Gasteiger partial charge < -0.3 is 10.0 Å². The second-order valence-electron chi connectivity index (χ2n) is 3.61. The van der Waals surface area contributed by atoms with Gasteiger partial charge in [0, 0.05) is 6.54 Å². The number of hydrogen-bond donors (Lipinski definition) is 1. The van der Waals surface area contributed by atoms with Gasteiger partial charge in [-0.25, -0.2) is 4.79 Å². The Labute approximate surface area is 108 Å². The number of carbonyl (C=O) groups is 2. The predicted molar refractivity (Wildman–Crippen MR) is 68.5 cm³/mol. The number of amides is 1. The van der Waals surface area contributed by atoms with Gasteiger partial charge in [0.05, 0.1) is 11.9 Å². The summed E-state index contributed by atoms with van der Waals surface area (Å²) in [5.74, 6) is -0.138. The van der Waals surface area contributed by atoms with E-state index in [9.17, 15) is 9.59 Å². The molecule has 0 aromatic heterocycles. The van der Waals surface area contributed by atoms with Crippen molar-refractivity contribution >= 4 is 27.8 Å². The van der Waals surface area contributed by atoms with Crippen molar-refractivity contribution in [3.8, 4) is 0 Å². The summed E-state index contributed by atoms with van der Waals surface area (Å²) in [4.78, 5) is 23.3. The van der Waals surface area contributed by atoms with E-state index in [1.54, 1.807) is 0 Å². The molecule has 0 saturated heterocycles. The number of carbonyl (C=O) groups excluding carboxylic acids is 1. The molecule has 5 heteroatoms. The summed E-state index contributed by atoms with van der Waals surface area (Å²) in [7, 11) is 0. The smallest absolute Gasteiger partial charge is 0.407 e. The molecule has 17 heavy (non-hydrogen) atoms. The van der Waals surface area contributed by atoms with Gasteiger partial charge in [-0.3, -0.25) is 4.79 Å². The van der Waals surface area contributed by atoms with Gasteiger partial charge in [0.15, 0.2) is 5.78 Å². The monoisotopic (exact) mass is 299 g/mol. The Morgan fingerprint density at radius 2 is 1.88 bits per heavy atom. The van der Waals surface area contributed by atoms with Crippen molar-refractivity contribution in [3.05, 3.63) is 35.9 Å². The second-order valence-corrected chi connectivity index (χ2v) is 4.17. The molecule has 0 heterocycles. The zero-order valence-electron chi connectivity index (χ0n) is 9.30. The normalized spacial score (nSPS) is 9.94. The number of Topliss-reactive ketones (excluding diaryl/α,β-unsaturated/α-hetero) is 1. The number of halogens is 1. The minimum absolute atomic E-state index is 0.0621. The molecule has 0 saturated carbocycles. The van der Waals surface area contributed by atoms with E-state index < -0.39 is 6.09 Å². The van der Waals surface area contributed by atoms with Crippen LogP contribution in [0.5, 0.6) is 0 Å². The number of carboxylic acid groups (broad SMARTS) is 1. The molecule has 1 N–H and O–H groups in total. The SMILES string of the molecule is O=C(CBr)CN(CCc1ccccc1)C(=O)O. The highest BCUT2D eigenvalue weighted by Gasteiger charge is 2.14. The number of benzene rings is 1. The third kappa shape index (κ3) is 4.99. The van der Waals surface area contributed by atoms with Crippen molar-refractivity contribution in [2.75, 3.05) is 18.4 Å². The van der Waals surface area contributed by atoms with Crippen LogP contribution in [0.3, 0.4) is 0 Å². The number of nitrogens with zero attached hydrogens (tertiary/aromatic N) is 1. The standard InChI is InChI=1S/C12H14BrNO3/c13-8-11(15)9-14(12(16)17)7-6-10-4-2-1-3-5-10/h1-5H,6-9H2,(H,16,17). The lowest BCUT2D eigenvalue weighted by atomic mass is 10.1. The van der Waals surface area contributed by atoms with Gasteiger partial charge in [-0.15, -0.1) is 0 Å². The summed E-state index contributed by atoms with van der Waals surface area (Å²) in [5, 5.41) is 9.14. The van der Waals surface area contributed by atoms with Crippen LogP contribution in [-0.2, 0) is 11.2 Å². The Hall–Kier alpha value is -1.36. The fourth-order valence-electron chi connectivity index (χ4n) is 1.41. The number of hydrogen-bond acceptors (Lipinski definition) is 2. The summed E-state index contributed by atoms with van der Waals surface area (Å²) >= 11 is 3.02. The van der Waals surface area contributed by atoms with Gasteiger partial charge in [-0.1, -0.05) is 46.3 Å². The molecule has 0 atom stereocenters. The summed E-state index contributed by atoms with van der Waals surface area (Å²) in [6.07, 6.45) is -0.446. The van der Waals surface area contributed by atoms with Crippen LogP contribution >= 0.6 is 15.9 Å². The Morgan fingerprint density at radius 3 is 2.41 bits per heavy atom. The Balaban J connectivity index is 2.50. The third-order valence-corrected chi connectivity index (χ3v) is 2.93. The van der Waals surface area contributed by atoms with E-state index >= 15 is 0 Å². The largest absolute Gasteiger partial charge is 0.465 e. The highest BCUT2D eigenvalue weighted by Crippen LogP contribution is 2.02. The fraction of sp³-hybridized carbons (Fsp3) is 0.333. The van der Waals surface area contributed by atoms with Gasteiger partial charge in [-0.2, -0.15) is 0 Å². The summed E-state index contributed by atoms with van der Waals surface area (Å²) in [6, 6.07) is 9.60. The molecule has 4 nitrogen and oxygen atoms in total. The fourth-order valence-corrected chi connectivity index (χ4v) is 1.58. The van der Waals surface area contributed by atoms with E-state index in [4.69, 9.17) is 5.11 Å². The molecule has 1 aromatic carbocycles. The van der Waals surface area contributed by atoms with Crippen molar-refractivity contribution in [1.29, 1.82) is 0 Å². The van der Waals surface area contributed by atoms with E-state index in [-0.39, 0.29) is 17.7 Å². The minimum atomic E-state index is -1.06. The Bertz CT molecular complexity index is 381. The van der Waals surface area contributed by atoms with Gasteiger partial charge in [0.25, 0.3) is 0 Å². The summed E-state index contributed by atoms with van der Waals surface area (Å²) < 4.78 is 0. The molecule has 0 unspecified atom stereocenters. The number of ketones is 1. The van der Waals surface area contributed by atoms with Crippen molar-refractivity contribution in [1.82, 2.24) is 4.90 Å². The van der Waals surface area contributed by atoms with Gasteiger partial charge in [0.2, 0.25) is 0 Å². The second kappa shape index (κ2) is 7.06. The first kappa shape index (κ1) is 13.7. The lowest BCUT2D eigenvalue weighted by Gasteiger charge is -2.17. The molecule has 1 aromatic rings. The molecule has 1 rings (SSSR count). The molecular formula is C12H14BrNO3. The Morgan fingerprint density at radius 1 is 1.24 bits per heavy atom. The van der Waals surface area contributed by atoms with E-state index in [0.29, 0.717) is 13.0 Å². The van der Waals surface area contributed by atoms with Crippen LogP contribution in [-0.4, -0.2) is 40.3 Å². The van der Waals surface area contributed by atoms with Gasteiger partial charge >= 0.3 is 6.09 Å². The molecular weight excluding hydrogens is 286 g/mol. The van der Waals surface area contributed by atoms with E-state index in [1.807, 2.05) is 30.3 Å². The zero-order chi connectivity index (χ0) is 12.7. The molecule has 0 aliphatic rings. The summed E-state index contributed by atoms with van der Waals surface area (Å²) in [5.41, 5.74) is 1.06. The zero-order valence-corrected chi connectivity index (χ0v) is 10.9. The minimum Gasteiger partial charge on any atom is -0.465 e. The first-order valence-corrected chi connectivity index (χ1v) is 6.35. The van der Waals surface area contributed by atoms with Crippen LogP contribution in [0.4, 0.5) is 4.79 Å². The van der Waals surface area contributed by atoms with Crippen molar-refractivity contribution in [2.45, 2.75) is 6.42 Å². The third-order valence-electron chi connectivity index (χ3n) is 2.30. The van der Waals surface area contributed by atoms with Crippen LogP contribution in [0.25, 0.3) is 0 Å². The van der Waals surface area contributed by atoms with E-state index in [1.165, 1.54) is 0 Å². The first-order chi connectivity index (χ1) is 8.13. The predicted octanol–water partition coefficient (Wildman–Crippen LogP) is 2.17. The van der Waals surface area contributed by atoms with E-state index in [0.717, 1.165) is 10.5 Å². The van der Waals surface area contributed by atoms with Crippen LogP contribution in [0.15, 0.2) is 30.3 Å². The summed E-state index contributed by atoms with van der Waals surface area (Å²) in [6.45, 7) is 0.269. The molecule has 0 bridgehead atoms. The van der Waals surface area contributed by atoms with Crippen molar-refractivity contribution in [2.24, 2.45) is 0 Å². The highest BCUT2D eigenvalue weighted by molar-refractivity contribution is 9.09. The quantitative estimate of drug-likeness (QED) is 0.819. The lowest BCUT2D eigenvalue weighted by molar-refractivity contribution is -0.117. The molecule has 0 radical (unpaired) electrons. The van der Waals surface area contributed by atoms with Crippen LogP contribution in [0, 0.1) is 0 Å². The maximum atomic E-state index is 11.2. The van der Waals surface area contributed by atoms with Crippen molar-refractivity contribution < 1.29 is 14.7 Å². The topological polar surface area (TPSA) is 57.6 Å². The molecule has 0 fully saturated rings. The van der Waals surface area contributed by atoms with E-state index in [2.05, 4.69) is 15.9 Å². The van der Waals surface area contributed by atoms with Crippen LogP contribution in [0.2, 0.25) is 0 Å². The first-order valence-electron chi connectivity index (χ1n) is 5.23. The molecule has 0 aliphatic carbocycles. The van der Waals surface area contributed by atoms with Crippen molar-refractivity contribution in [3.63, 3.8) is 0 Å².